The number of hydrogen-bond acceptors (Lipinski definition) is 3. The molecular formula is C14H29NO2. The quantitative estimate of drug-likeness (QED) is 0.745. The minimum atomic E-state index is -0.348. The molecule has 1 aliphatic carbocycles. The lowest BCUT2D eigenvalue weighted by Gasteiger charge is -2.34. The van der Waals surface area contributed by atoms with Crippen molar-refractivity contribution in [2.24, 2.45) is 0 Å². The van der Waals surface area contributed by atoms with E-state index < -0.39 is 0 Å². The van der Waals surface area contributed by atoms with Crippen molar-refractivity contribution >= 4 is 0 Å². The summed E-state index contributed by atoms with van der Waals surface area (Å²) < 4.78 is 5.46. The second-order valence-corrected chi connectivity index (χ2v) is 5.42. The average Bonchev–Trinajstić information content (AvgIpc) is 2.34. The molecule has 0 aliphatic heterocycles. The molecule has 0 aromatic rings. The first-order chi connectivity index (χ1) is 8.13. The number of hydrogen-bond donors (Lipinski definition) is 1. The Morgan fingerprint density at radius 3 is 2.41 bits per heavy atom. The van der Waals surface area contributed by atoms with E-state index in [9.17, 15) is 5.11 Å². The molecule has 3 heteroatoms. The number of nitrogens with zero attached hydrogens (tertiary/aromatic N) is 1. The van der Waals surface area contributed by atoms with Gasteiger partial charge >= 0.3 is 0 Å². The summed E-state index contributed by atoms with van der Waals surface area (Å²) in [5, 5.41) is 9.96. The van der Waals surface area contributed by atoms with Gasteiger partial charge in [-0.1, -0.05) is 26.2 Å². The van der Waals surface area contributed by atoms with Crippen LogP contribution in [0.3, 0.4) is 0 Å². The zero-order chi connectivity index (χ0) is 12.7. The average molecular weight is 243 g/mol. The van der Waals surface area contributed by atoms with Gasteiger partial charge in [0, 0.05) is 12.6 Å². The van der Waals surface area contributed by atoms with E-state index >= 15 is 0 Å². The largest absolute Gasteiger partial charge is 0.389 e. The minimum absolute atomic E-state index is 0.203. The first-order valence-corrected chi connectivity index (χ1v) is 7.17. The molecule has 1 aliphatic rings. The van der Waals surface area contributed by atoms with Crippen LogP contribution >= 0.6 is 0 Å². The highest BCUT2D eigenvalue weighted by atomic mass is 16.5. The van der Waals surface area contributed by atoms with Crippen molar-refractivity contribution in [3.8, 4) is 0 Å². The minimum Gasteiger partial charge on any atom is -0.389 e. The van der Waals surface area contributed by atoms with Crippen molar-refractivity contribution in [3.05, 3.63) is 0 Å². The molecule has 0 radical (unpaired) electrons. The molecular weight excluding hydrogens is 214 g/mol. The van der Waals surface area contributed by atoms with E-state index in [1.54, 1.807) is 0 Å². The van der Waals surface area contributed by atoms with Crippen LogP contribution < -0.4 is 0 Å². The fraction of sp³-hybridized carbons (Fsp3) is 1.00. The van der Waals surface area contributed by atoms with Gasteiger partial charge in [-0.25, -0.2) is 0 Å². The number of aliphatic hydroxyl groups excluding tert-OH is 1. The van der Waals surface area contributed by atoms with Gasteiger partial charge in [-0.2, -0.15) is 0 Å². The predicted octanol–water partition coefficient (Wildman–Crippen LogP) is 2.43. The molecule has 0 spiro atoms. The maximum absolute atomic E-state index is 9.96. The lowest BCUT2D eigenvalue weighted by Crippen LogP contribution is -2.42. The van der Waals surface area contributed by atoms with Gasteiger partial charge < -0.3 is 9.84 Å². The van der Waals surface area contributed by atoms with Crippen LogP contribution in [0.25, 0.3) is 0 Å². The Balaban J connectivity index is 2.29. The molecule has 0 amide bonds. The monoisotopic (exact) mass is 243 g/mol. The van der Waals surface area contributed by atoms with Crippen molar-refractivity contribution < 1.29 is 9.84 Å². The van der Waals surface area contributed by atoms with Gasteiger partial charge in [-0.05, 0) is 33.2 Å². The number of likely N-dealkylation sites (N-methyl/N-ethyl adjacent to an activating group) is 1. The van der Waals surface area contributed by atoms with Crippen molar-refractivity contribution in [2.45, 2.75) is 71.1 Å². The third kappa shape index (κ3) is 5.84. The first-order valence-electron chi connectivity index (χ1n) is 7.17. The lowest BCUT2D eigenvalue weighted by molar-refractivity contribution is -0.0158. The van der Waals surface area contributed by atoms with E-state index in [0.717, 1.165) is 13.1 Å². The summed E-state index contributed by atoms with van der Waals surface area (Å²) in [5.41, 5.74) is 0. The third-order valence-corrected chi connectivity index (χ3v) is 3.56. The Bertz CT molecular complexity index is 191. The molecule has 1 atom stereocenters. The van der Waals surface area contributed by atoms with Gasteiger partial charge in [-0.15, -0.1) is 0 Å². The number of rotatable bonds is 7. The Hall–Kier alpha value is -0.120. The van der Waals surface area contributed by atoms with E-state index in [1.807, 2.05) is 13.8 Å². The van der Waals surface area contributed by atoms with Gasteiger partial charge in [-0.3, -0.25) is 4.90 Å². The molecule has 1 saturated carbocycles. The summed E-state index contributed by atoms with van der Waals surface area (Å²) in [5.74, 6) is 0. The predicted molar refractivity (Wildman–Crippen MR) is 71.2 cm³/mol. The van der Waals surface area contributed by atoms with Crippen LogP contribution in [0.15, 0.2) is 0 Å². The fourth-order valence-corrected chi connectivity index (χ4v) is 2.61. The maximum atomic E-state index is 9.96. The molecule has 1 N–H and O–H groups in total. The molecule has 17 heavy (non-hydrogen) atoms. The molecule has 102 valence electrons. The molecule has 0 bridgehead atoms. The molecule has 1 unspecified atom stereocenters. The van der Waals surface area contributed by atoms with Crippen LogP contribution in [0.2, 0.25) is 0 Å². The molecule has 0 aromatic carbocycles. The Labute approximate surface area is 106 Å². The second-order valence-electron chi connectivity index (χ2n) is 5.42. The van der Waals surface area contributed by atoms with Crippen LogP contribution in [-0.2, 0) is 4.74 Å². The Morgan fingerprint density at radius 1 is 1.24 bits per heavy atom. The highest BCUT2D eigenvalue weighted by molar-refractivity contribution is 4.77. The normalized spacial score (nSPS) is 20.1. The summed E-state index contributed by atoms with van der Waals surface area (Å²) in [6.45, 7) is 8.44. The van der Waals surface area contributed by atoms with Crippen LogP contribution in [-0.4, -0.2) is 48.0 Å². The Kier molecular flexibility index (Phi) is 7.09. The molecule has 0 saturated heterocycles. The summed E-state index contributed by atoms with van der Waals surface area (Å²) in [7, 11) is 0. The summed E-state index contributed by atoms with van der Waals surface area (Å²) >= 11 is 0. The van der Waals surface area contributed by atoms with Crippen molar-refractivity contribution in [1.29, 1.82) is 0 Å². The first kappa shape index (κ1) is 14.9. The van der Waals surface area contributed by atoms with Crippen molar-refractivity contribution in [2.75, 3.05) is 19.7 Å². The third-order valence-electron chi connectivity index (χ3n) is 3.56. The van der Waals surface area contributed by atoms with E-state index in [-0.39, 0.29) is 12.2 Å². The highest BCUT2D eigenvalue weighted by Gasteiger charge is 2.21. The van der Waals surface area contributed by atoms with E-state index in [0.29, 0.717) is 12.6 Å². The van der Waals surface area contributed by atoms with E-state index in [1.165, 1.54) is 32.1 Å². The van der Waals surface area contributed by atoms with Crippen LogP contribution in [0.1, 0.15) is 52.9 Å². The van der Waals surface area contributed by atoms with E-state index in [4.69, 9.17) is 4.74 Å². The molecule has 0 heterocycles. The van der Waals surface area contributed by atoms with Gasteiger partial charge in [0.1, 0.15) is 0 Å². The van der Waals surface area contributed by atoms with Crippen LogP contribution in [0.4, 0.5) is 0 Å². The fourth-order valence-electron chi connectivity index (χ4n) is 2.61. The molecule has 1 fully saturated rings. The second kappa shape index (κ2) is 8.06. The smallest absolute Gasteiger partial charge is 0.0900 e. The Morgan fingerprint density at radius 2 is 1.88 bits per heavy atom. The zero-order valence-electron chi connectivity index (χ0n) is 11.7. The lowest BCUT2D eigenvalue weighted by atomic mass is 9.94. The number of ether oxygens (including phenoxy) is 1. The van der Waals surface area contributed by atoms with Gasteiger partial charge in [0.15, 0.2) is 0 Å². The molecule has 1 rings (SSSR count). The molecule has 0 aromatic heterocycles. The maximum Gasteiger partial charge on any atom is 0.0900 e. The van der Waals surface area contributed by atoms with Gasteiger partial charge in [0.2, 0.25) is 0 Å². The van der Waals surface area contributed by atoms with Crippen molar-refractivity contribution in [1.82, 2.24) is 4.90 Å². The van der Waals surface area contributed by atoms with Crippen LogP contribution in [0, 0.1) is 0 Å². The molecule has 3 nitrogen and oxygen atoms in total. The summed E-state index contributed by atoms with van der Waals surface area (Å²) in [6, 6.07) is 0.683. The summed E-state index contributed by atoms with van der Waals surface area (Å²) in [4.78, 5) is 2.42. The van der Waals surface area contributed by atoms with E-state index in [2.05, 4.69) is 11.8 Å². The highest BCUT2D eigenvalue weighted by Crippen LogP contribution is 2.22. The summed E-state index contributed by atoms with van der Waals surface area (Å²) in [6.07, 6.45) is 6.53. The van der Waals surface area contributed by atoms with Crippen molar-refractivity contribution in [3.63, 3.8) is 0 Å². The van der Waals surface area contributed by atoms with Crippen LogP contribution in [0.5, 0.6) is 0 Å². The van der Waals surface area contributed by atoms with Gasteiger partial charge in [0.05, 0.1) is 18.8 Å². The SMILES string of the molecule is CCN(CC(O)COC(C)C)C1CCCCC1. The number of aliphatic hydroxyl groups is 1. The standard InChI is InChI=1S/C14H29NO2/c1-4-15(13-8-6-5-7-9-13)10-14(16)11-17-12(2)3/h12-14,16H,4-11H2,1-3H3. The zero-order valence-corrected chi connectivity index (χ0v) is 11.7. The van der Waals surface area contributed by atoms with Gasteiger partial charge in [0.25, 0.3) is 0 Å². The topological polar surface area (TPSA) is 32.7 Å².